The maximum Gasteiger partial charge on any atom is 0.418 e. The number of hydrogen-bond donors (Lipinski definition) is 3. The Balaban J connectivity index is 1.60. The smallest absolute Gasteiger partial charge is 0.418 e. The number of halogens is 4. The summed E-state index contributed by atoms with van der Waals surface area (Å²) in [5.74, 6) is -2.28. The van der Waals surface area contributed by atoms with Crippen LogP contribution in [0.15, 0.2) is 46.0 Å². The van der Waals surface area contributed by atoms with Crippen molar-refractivity contribution in [3.05, 3.63) is 52.0 Å². The van der Waals surface area contributed by atoms with Crippen LogP contribution in [-0.4, -0.2) is 56.4 Å². The summed E-state index contributed by atoms with van der Waals surface area (Å²) in [5, 5.41) is 8.46. The van der Waals surface area contributed by atoms with Crippen molar-refractivity contribution in [2.45, 2.75) is 32.0 Å². The third-order valence-electron chi connectivity index (χ3n) is 5.29. The van der Waals surface area contributed by atoms with E-state index < -0.39 is 41.8 Å². The number of carbonyl (C=O) groups excluding carboxylic acids is 3. The quantitative estimate of drug-likeness (QED) is 0.213. The van der Waals surface area contributed by atoms with Crippen molar-refractivity contribution >= 4 is 45.6 Å². The van der Waals surface area contributed by atoms with E-state index >= 15 is 0 Å². The molecule has 0 bridgehead atoms. The van der Waals surface area contributed by atoms with Crippen molar-refractivity contribution in [3.63, 3.8) is 0 Å². The molecule has 1 saturated heterocycles. The Morgan fingerprint density at radius 3 is 2.64 bits per heavy atom. The zero-order chi connectivity index (χ0) is 28.4. The van der Waals surface area contributed by atoms with Crippen LogP contribution in [0.4, 0.5) is 18.9 Å². The maximum atomic E-state index is 13.2. The molecule has 1 heterocycles. The molecule has 39 heavy (non-hydrogen) atoms. The molecule has 0 saturated carbocycles. The molecule has 0 radical (unpaired) electrons. The maximum absolute atomic E-state index is 13.2. The Hall–Kier alpha value is -3.65. The summed E-state index contributed by atoms with van der Waals surface area (Å²) in [6.45, 7) is 2.21. The van der Waals surface area contributed by atoms with E-state index in [2.05, 4.69) is 37.1 Å². The molecule has 0 unspecified atom stereocenters. The number of para-hydroxylation sites is 1. The molecule has 0 aromatic heterocycles. The molecule has 2 aromatic rings. The van der Waals surface area contributed by atoms with Gasteiger partial charge in [-0.1, -0.05) is 12.1 Å². The van der Waals surface area contributed by atoms with Gasteiger partial charge in [0.1, 0.15) is 0 Å². The van der Waals surface area contributed by atoms with Gasteiger partial charge in [-0.05, 0) is 65.5 Å². The van der Waals surface area contributed by atoms with Crippen molar-refractivity contribution in [2.24, 2.45) is 5.10 Å². The number of nitrogens with one attached hydrogen (secondary N) is 3. The SMILES string of the molecule is CCOc1cc(/C=N\NC(=O)C(=O)NC[C@@H]2CCCO2)cc(Br)c1OCC(=O)Nc1ccccc1C(F)(F)F. The van der Waals surface area contributed by atoms with Crippen LogP contribution in [0.3, 0.4) is 0 Å². The van der Waals surface area contributed by atoms with Gasteiger partial charge in [0.15, 0.2) is 18.1 Å². The summed E-state index contributed by atoms with van der Waals surface area (Å²) in [4.78, 5) is 36.2. The van der Waals surface area contributed by atoms with Gasteiger partial charge in [0.25, 0.3) is 5.91 Å². The van der Waals surface area contributed by atoms with Crippen LogP contribution in [0.2, 0.25) is 0 Å². The van der Waals surface area contributed by atoms with Gasteiger partial charge in [-0.15, -0.1) is 0 Å². The molecule has 0 aliphatic carbocycles. The van der Waals surface area contributed by atoms with Crippen LogP contribution < -0.4 is 25.5 Å². The van der Waals surface area contributed by atoms with Gasteiger partial charge in [0, 0.05) is 13.2 Å². The number of hydrazone groups is 1. The number of ether oxygens (including phenoxy) is 3. The fraction of sp³-hybridized carbons (Fsp3) is 0.360. The average molecular weight is 615 g/mol. The summed E-state index contributed by atoms with van der Waals surface area (Å²) >= 11 is 3.31. The molecule has 2 aromatic carbocycles. The molecule has 210 valence electrons. The van der Waals surface area contributed by atoms with E-state index in [1.165, 1.54) is 24.4 Å². The van der Waals surface area contributed by atoms with Crippen LogP contribution in [0.25, 0.3) is 0 Å². The van der Waals surface area contributed by atoms with Crippen molar-refractivity contribution in [1.29, 1.82) is 0 Å². The van der Waals surface area contributed by atoms with E-state index in [0.29, 0.717) is 16.6 Å². The molecular weight excluding hydrogens is 589 g/mol. The van der Waals surface area contributed by atoms with Gasteiger partial charge < -0.3 is 24.8 Å². The van der Waals surface area contributed by atoms with E-state index in [4.69, 9.17) is 14.2 Å². The molecule has 1 aliphatic heterocycles. The van der Waals surface area contributed by atoms with Crippen molar-refractivity contribution in [3.8, 4) is 11.5 Å². The van der Waals surface area contributed by atoms with E-state index in [-0.39, 0.29) is 30.8 Å². The second-order valence-corrected chi connectivity index (χ2v) is 9.04. The first kappa shape index (κ1) is 29.9. The van der Waals surface area contributed by atoms with Gasteiger partial charge in [-0.25, -0.2) is 5.43 Å². The Labute approximate surface area is 230 Å². The standard InChI is InChI=1S/C25H26BrF3N4O6/c1-2-37-20-11-15(12-31-33-24(36)23(35)30-13-16-6-5-9-38-16)10-18(26)22(20)39-14-21(34)32-19-8-4-3-7-17(19)25(27,28)29/h3-4,7-8,10-12,16H,2,5-6,9,13-14H2,1H3,(H,30,35)(H,32,34)(H,33,36)/b31-12-/t16-/m0/s1. The molecule has 10 nitrogen and oxygen atoms in total. The first-order valence-corrected chi connectivity index (χ1v) is 12.7. The van der Waals surface area contributed by atoms with Gasteiger partial charge in [-0.2, -0.15) is 18.3 Å². The Kier molecular flexibility index (Phi) is 10.7. The largest absolute Gasteiger partial charge is 0.490 e. The summed E-state index contributed by atoms with van der Waals surface area (Å²) < 4.78 is 56.4. The predicted octanol–water partition coefficient (Wildman–Crippen LogP) is 3.63. The van der Waals surface area contributed by atoms with Gasteiger partial charge in [0.05, 0.1) is 34.6 Å². The van der Waals surface area contributed by atoms with Crippen LogP contribution >= 0.6 is 15.9 Å². The molecule has 1 aliphatic rings. The highest BCUT2D eigenvalue weighted by molar-refractivity contribution is 9.10. The zero-order valence-electron chi connectivity index (χ0n) is 20.8. The highest BCUT2D eigenvalue weighted by Crippen LogP contribution is 2.37. The number of amides is 3. The second kappa shape index (κ2) is 13.9. The third-order valence-corrected chi connectivity index (χ3v) is 5.88. The Morgan fingerprint density at radius 1 is 1.18 bits per heavy atom. The molecular formula is C25H26BrF3N4O6. The van der Waals surface area contributed by atoms with Crippen LogP contribution in [0.5, 0.6) is 11.5 Å². The van der Waals surface area contributed by atoms with Gasteiger partial charge in [0.2, 0.25) is 0 Å². The van der Waals surface area contributed by atoms with Crippen LogP contribution in [0, 0.1) is 0 Å². The average Bonchev–Trinajstić information content (AvgIpc) is 3.40. The Bertz CT molecular complexity index is 1220. The number of hydrogen-bond acceptors (Lipinski definition) is 7. The number of alkyl halides is 3. The molecule has 0 spiro atoms. The predicted molar refractivity (Wildman–Crippen MR) is 139 cm³/mol. The minimum atomic E-state index is -4.64. The van der Waals surface area contributed by atoms with Crippen molar-refractivity contribution < 1.29 is 41.8 Å². The number of carbonyl (C=O) groups is 3. The minimum absolute atomic E-state index is 0.109. The first-order valence-electron chi connectivity index (χ1n) is 11.9. The molecule has 3 amide bonds. The fourth-order valence-electron chi connectivity index (χ4n) is 3.54. The summed E-state index contributed by atoms with van der Waals surface area (Å²) in [6.07, 6.45) is -1.76. The lowest BCUT2D eigenvalue weighted by Gasteiger charge is -2.16. The molecule has 3 rings (SSSR count). The van der Waals surface area contributed by atoms with Crippen LogP contribution in [0.1, 0.15) is 30.9 Å². The highest BCUT2D eigenvalue weighted by atomic mass is 79.9. The topological polar surface area (TPSA) is 127 Å². The van der Waals surface area contributed by atoms with Gasteiger partial charge >= 0.3 is 18.0 Å². The molecule has 14 heteroatoms. The number of benzene rings is 2. The van der Waals surface area contributed by atoms with Crippen molar-refractivity contribution in [2.75, 3.05) is 31.7 Å². The molecule has 1 fully saturated rings. The number of anilines is 1. The fourth-order valence-corrected chi connectivity index (χ4v) is 4.11. The third kappa shape index (κ3) is 8.96. The van der Waals surface area contributed by atoms with Gasteiger partial charge in [-0.3, -0.25) is 14.4 Å². The minimum Gasteiger partial charge on any atom is -0.490 e. The molecule has 3 N–H and O–H groups in total. The second-order valence-electron chi connectivity index (χ2n) is 8.19. The Morgan fingerprint density at radius 2 is 1.95 bits per heavy atom. The van der Waals surface area contributed by atoms with E-state index in [0.717, 1.165) is 25.0 Å². The lowest BCUT2D eigenvalue weighted by atomic mass is 10.1. The highest BCUT2D eigenvalue weighted by Gasteiger charge is 2.33. The molecule has 1 atom stereocenters. The lowest BCUT2D eigenvalue weighted by molar-refractivity contribution is -0.139. The summed E-state index contributed by atoms with van der Waals surface area (Å²) in [5.41, 5.74) is 1.20. The summed E-state index contributed by atoms with van der Waals surface area (Å²) in [6, 6.07) is 7.65. The monoisotopic (exact) mass is 614 g/mol. The number of rotatable bonds is 10. The number of nitrogens with zero attached hydrogens (tertiary/aromatic N) is 1. The summed E-state index contributed by atoms with van der Waals surface area (Å²) in [7, 11) is 0. The zero-order valence-corrected chi connectivity index (χ0v) is 22.4. The van der Waals surface area contributed by atoms with E-state index in [1.54, 1.807) is 13.0 Å². The first-order chi connectivity index (χ1) is 18.6. The normalized spacial score (nSPS) is 15.2. The lowest BCUT2D eigenvalue weighted by Crippen LogP contribution is -2.41. The van der Waals surface area contributed by atoms with Crippen LogP contribution in [-0.2, 0) is 25.3 Å². The van der Waals surface area contributed by atoms with Crippen molar-refractivity contribution in [1.82, 2.24) is 10.7 Å². The van der Waals surface area contributed by atoms with E-state index in [9.17, 15) is 27.6 Å². The van der Waals surface area contributed by atoms with E-state index in [1.807, 2.05) is 0 Å².